The van der Waals surface area contributed by atoms with Crippen LogP contribution in [0.15, 0.2) is 48.5 Å². The van der Waals surface area contributed by atoms with Crippen molar-refractivity contribution in [2.75, 3.05) is 58.8 Å². The van der Waals surface area contributed by atoms with Crippen molar-refractivity contribution in [3.63, 3.8) is 0 Å². The zero-order chi connectivity index (χ0) is 22.4. The molecule has 1 saturated heterocycles. The lowest BCUT2D eigenvalue weighted by Crippen LogP contribution is -2.48. The highest BCUT2D eigenvalue weighted by Gasteiger charge is 2.21. The first-order valence-electron chi connectivity index (χ1n) is 11.1. The van der Waals surface area contributed by atoms with Crippen LogP contribution in [0.25, 0.3) is 0 Å². The Labute approximate surface area is 186 Å². The molecule has 3 rings (SSSR count). The van der Waals surface area contributed by atoms with E-state index in [9.17, 15) is 4.79 Å². The van der Waals surface area contributed by atoms with Crippen LogP contribution in [0, 0.1) is 0 Å². The summed E-state index contributed by atoms with van der Waals surface area (Å²) in [7, 11) is 5.70. The van der Waals surface area contributed by atoms with Gasteiger partial charge in [0.2, 0.25) is 0 Å². The highest BCUT2D eigenvalue weighted by molar-refractivity contribution is 5.94. The Morgan fingerprint density at radius 3 is 2.26 bits per heavy atom. The van der Waals surface area contributed by atoms with E-state index >= 15 is 0 Å². The molecular weight excluding hydrogens is 388 g/mol. The molecule has 1 unspecified atom stereocenters. The third-order valence-corrected chi connectivity index (χ3v) is 6.12. The molecule has 1 aliphatic rings. The summed E-state index contributed by atoms with van der Waals surface area (Å²) >= 11 is 0. The average Bonchev–Trinajstić information content (AvgIpc) is 2.79. The molecule has 0 radical (unpaired) electrons. The van der Waals surface area contributed by atoms with Gasteiger partial charge in [-0.1, -0.05) is 18.2 Å². The van der Waals surface area contributed by atoms with E-state index in [1.54, 1.807) is 7.11 Å². The number of para-hydroxylation sites is 1. The summed E-state index contributed by atoms with van der Waals surface area (Å²) in [5.41, 5.74) is 2.92. The Hall–Kier alpha value is -2.57. The number of piperazine rings is 1. The van der Waals surface area contributed by atoms with Crippen molar-refractivity contribution < 1.29 is 9.53 Å². The third kappa shape index (κ3) is 5.77. The van der Waals surface area contributed by atoms with Gasteiger partial charge in [0.25, 0.3) is 5.91 Å². The highest BCUT2D eigenvalue weighted by atomic mass is 16.5. The van der Waals surface area contributed by atoms with Crippen LogP contribution in [0.3, 0.4) is 0 Å². The second-order valence-corrected chi connectivity index (χ2v) is 8.60. The van der Waals surface area contributed by atoms with Gasteiger partial charge >= 0.3 is 0 Å². The van der Waals surface area contributed by atoms with Gasteiger partial charge < -0.3 is 19.9 Å². The standard InChI is InChI=1S/C25H36N4O2/c1-19(2)28-14-16-29(17-15-28)21-12-10-20(11-13-21)25(30)26-18-23(27(3)4)22-8-6-7-9-24(22)31-5/h6-13,19,23H,14-18H2,1-5H3,(H,26,30). The lowest BCUT2D eigenvalue weighted by molar-refractivity contribution is 0.0941. The summed E-state index contributed by atoms with van der Waals surface area (Å²) < 4.78 is 5.51. The first kappa shape index (κ1) is 23.1. The third-order valence-electron chi connectivity index (χ3n) is 6.12. The topological polar surface area (TPSA) is 48.1 Å². The summed E-state index contributed by atoms with van der Waals surface area (Å²) in [6, 6.07) is 16.5. The van der Waals surface area contributed by atoms with Crippen LogP contribution in [-0.2, 0) is 0 Å². The van der Waals surface area contributed by atoms with Crippen LogP contribution in [0.5, 0.6) is 5.75 Å². The molecule has 2 aromatic rings. The maximum absolute atomic E-state index is 12.8. The van der Waals surface area contributed by atoms with E-state index in [4.69, 9.17) is 4.74 Å². The number of anilines is 1. The summed E-state index contributed by atoms with van der Waals surface area (Å²) in [5, 5.41) is 3.09. The quantitative estimate of drug-likeness (QED) is 0.705. The molecule has 0 aromatic heterocycles. The van der Waals surface area contributed by atoms with Crippen LogP contribution >= 0.6 is 0 Å². The van der Waals surface area contributed by atoms with Gasteiger partial charge in [-0.3, -0.25) is 9.69 Å². The summed E-state index contributed by atoms with van der Waals surface area (Å²) in [4.78, 5) is 19.8. The van der Waals surface area contributed by atoms with Crippen LogP contribution in [0.1, 0.15) is 35.8 Å². The number of carbonyl (C=O) groups is 1. The van der Waals surface area contributed by atoms with Gasteiger partial charge in [0.1, 0.15) is 5.75 Å². The number of ether oxygens (including phenoxy) is 1. The maximum atomic E-state index is 12.8. The Balaban J connectivity index is 1.60. The molecule has 1 atom stereocenters. The van der Waals surface area contributed by atoms with E-state index in [0.717, 1.165) is 37.5 Å². The predicted molar refractivity (Wildman–Crippen MR) is 127 cm³/mol. The zero-order valence-corrected chi connectivity index (χ0v) is 19.5. The van der Waals surface area contributed by atoms with Crippen LogP contribution in [0.4, 0.5) is 5.69 Å². The fourth-order valence-corrected chi connectivity index (χ4v) is 4.12. The molecule has 0 spiro atoms. The molecule has 6 nitrogen and oxygen atoms in total. The minimum Gasteiger partial charge on any atom is -0.496 e. The van der Waals surface area contributed by atoms with E-state index in [2.05, 4.69) is 46.0 Å². The van der Waals surface area contributed by atoms with E-state index in [1.807, 2.05) is 50.5 Å². The van der Waals surface area contributed by atoms with Crippen molar-refractivity contribution in [2.24, 2.45) is 0 Å². The molecule has 0 aliphatic carbocycles. The fourth-order valence-electron chi connectivity index (χ4n) is 4.12. The summed E-state index contributed by atoms with van der Waals surface area (Å²) in [5.74, 6) is 0.773. The number of carbonyl (C=O) groups excluding carboxylic acids is 1. The van der Waals surface area contributed by atoms with Crippen molar-refractivity contribution in [3.8, 4) is 5.75 Å². The Kier molecular flexibility index (Phi) is 7.93. The van der Waals surface area contributed by atoms with Gasteiger partial charge in [0.15, 0.2) is 0 Å². The Bertz CT molecular complexity index is 843. The number of benzene rings is 2. The number of nitrogens with one attached hydrogen (secondary N) is 1. The lowest BCUT2D eigenvalue weighted by Gasteiger charge is -2.38. The molecule has 1 fully saturated rings. The van der Waals surface area contributed by atoms with Crippen LogP contribution in [0.2, 0.25) is 0 Å². The largest absolute Gasteiger partial charge is 0.496 e. The molecule has 0 saturated carbocycles. The molecule has 0 bridgehead atoms. The van der Waals surface area contributed by atoms with Gasteiger partial charge in [-0.25, -0.2) is 0 Å². The van der Waals surface area contributed by atoms with Crippen molar-refractivity contribution >= 4 is 11.6 Å². The van der Waals surface area contributed by atoms with Crippen molar-refractivity contribution in [1.82, 2.24) is 15.1 Å². The number of hydrogen-bond donors (Lipinski definition) is 1. The van der Waals surface area contributed by atoms with E-state index < -0.39 is 0 Å². The monoisotopic (exact) mass is 424 g/mol. The predicted octanol–water partition coefficient (Wildman–Crippen LogP) is 3.26. The second kappa shape index (κ2) is 10.6. The number of hydrogen-bond acceptors (Lipinski definition) is 5. The lowest BCUT2D eigenvalue weighted by atomic mass is 10.0. The molecule has 1 N–H and O–H groups in total. The molecule has 6 heteroatoms. The highest BCUT2D eigenvalue weighted by Crippen LogP contribution is 2.27. The fraction of sp³-hybridized carbons (Fsp3) is 0.480. The van der Waals surface area contributed by atoms with Gasteiger partial charge in [0.05, 0.1) is 13.2 Å². The zero-order valence-electron chi connectivity index (χ0n) is 19.5. The van der Waals surface area contributed by atoms with E-state index in [-0.39, 0.29) is 11.9 Å². The Morgan fingerprint density at radius 1 is 1.03 bits per heavy atom. The number of likely N-dealkylation sites (N-methyl/N-ethyl adjacent to an activating group) is 1. The molecule has 1 amide bonds. The summed E-state index contributed by atoms with van der Waals surface area (Å²) in [6.45, 7) is 9.20. The molecule has 1 aliphatic heterocycles. The van der Waals surface area contributed by atoms with E-state index in [1.165, 1.54) is 5.69 Å². The number of methoxy groups -OCH3 is 1. The Morgan fingerprint density at radius 2 is 1.68 bits per heavy atom. The number of nitrogens with zero attached hydrogens (tertiary/aromatic N) is 3. The summed E-state index contributed by atoms with van der Waals surface area (Å²) in [6.07, 6.45) is 0. The van der Waals surface area contributed by atoms with Crippen molar-refractivity contribution in [2.45, 2.75) is 25.9 Å². The smallest absolute Gasteiger partial charge is 0.251 e. The van der Waals surface area contributed by atoms with Crippen molar-refractivity contribution in [3.05, 3.63) is 59.7 Å². The second-order valence-electron chi connectivity index (χ2n) is 8.60. The van der Waals surface area contributed by atoms with Gasteiger partial charge in [0, 0.05) is 55.6 Å². The minimum atomic E-state index is -0.0575. The van der Waals surface area contributed by atoms with E-state index in [0.29, 0.717) is 18.2 Å². The molecule has 31 heavy (non-hydrogen) atoms. The first-order valence-corrected chi connectivity index (χ1v) is 11.1. The molecule has 168 valence electrons. The van der Waals surface area contributed by atoms with Crippen LogP contribution < -0.4 is 15.0 Å². The van der Waals surface area contributed by atoms with Crippen molar-refractivity contribution in [1.29, 1.82) is 0 Å². The molecular formula is C25H36N4O2. The SMILES string of the molecule is COc1ccccc1C(CNC(=O)c1ccc(N2CCN(C(C)C)CC2)cc1)N(C)C. The average molecular weight is 425 g/mol. The molecule has 2 aromatic carbocycles. The first-order chi connectivity index (χ1) is 14.9. The number of rotatable bonds is 8. The van der Waals surface area contributed by atoms with Gasteiger partial charge in [-0.2, -0.15) is 0 Å². The maximum Gasteiger partial charge on any atom is 0.251 e. The van der Waals surface area contributed by atoms with Gasteiger partial charge in [-0.15, -0.1) is 0 Å². The van der Waals surface area contributed by atoms with Gasteiger partial charge in [-0.05, 0) is 58.3 Å². The number of amides is 1. The molecule has 1 heterocycles. The van der Waals surface area contributed by atoms with Crippen LogP contribution in [-0.4, -0.2) is 75.7 Å². The minimum absolute atomic E-state index is 0.0247. The normalized spacial score (nSPS) is 15.9.